The Morgan fingerprint density at radius 3 is 1.83 bits per heavy atom. The van der Waals surface area contributed by atoms with Crippen molar-refractivity contribution in [2.75, 3.05) is 0 Å². The van der Waals surface area contributed by atoms with Crippen molar-refractivity contribution in [2.24, 2.45) is 0 Å². The Balaban J connectivity index is 4.11. The molecule has 0 aromatic heterocycles. The summed E-state index contributed by atoms with van der Waals surface area (Å²) < 4.78 is 0. The van der Waals surface area contributed by atoms with Crippen LogP contribution in [-0.2, 0) is 0 Å². The summed E-state index contributed by atoms with van der Waals surface area (Å²) in [4.78, 5) is 0. The number of rotatable bonds is 12. The van der Waals surface area contributed by atoms with Crippen molar-refractivity contribution >= 4 is 0 Å². The first-order chi connectivity index (χ1) is 8.58. The molecule has 0 fully saturated rings. The molecule has 0 amide bonds. The lowest BCUT2D eigenvalue weighted by Gasteiger charge is -2.34. The Kier molecular flexibility index (Phi) is 10.8. The number of nitrogens with one attached hydrogen (secondary N) is 1. The molecule has 0 bridgehead atoms. The van der Waals surface area contributed by atoms with Crippen molar-refractivity contribution in [2.45, 2.75) is 110 Å². The molecule has 110 valence electrons. The van der Waals surface area contributed by atoms with Crippen LogP contribution >= 0.6 is 0 Å². The molecule has 1 N–H and O–H groups in total. The van der Waals surface area contributed by atoms with Gasteiger partial charge in [0.1, 0.15) is 0 Å². The molecule has 0 radical (unpaired) electrons. The highest BCUT2D eigenvalue weighted by molar-refractivity contribution is 4.85. The molecule has 2 unspecified atom stereocenters. The predicted molar refractivity (Wildman–Crippen MR) is 84.2 cm³/mol. The second kappa shape index (κ2) is 10.8. The topological polar surface area (TPSA) is 12.0 Å². The molecule has 0 saturated carbocycles. The SMILES string of the molecule is CCCCCCC(C)(CCCCC)NC(C)CC. The molecule has 1 nitrogen and oxygen atoms in total. The van der Waals surface area contributed by atoms with Crippen molar-refractivity contribution in [1.29, 1.82) is 0 Å². The standard InChI is InChI=1S/C17H37N/c1-6-9-11-13-15-17(5,14-12-10-7-2)18-16(4)8-3/h16,18H,6-15H2,1-5H3. The Morgan fingerprint density at radius 1 is 0.833 bits per heavy atom. The summed E-state index contributed by atoms with van der Waals surface area (Å²) in [6, 6.07) is 0.655. The van der Waals surface area contributed by atoms with Gasteiger partial charge in [0, 0.05) is 11.6 Å². The fourth-order valence-corrected chi connectivity index (χ4v) is 2.67. The van der Waals surface area contributed by atoms with E-state index in [0.717, 1.165) is 0 Å². The molecule has 0 aromatic rings. The van der Waals surface area contributed by atoms with Gasteiger partial charge in [0.25, 0.3) is 0 Å². The van der Waals surface area contributed by atoms with Gasteiger partial charge in [-0.05, 0) is 33.1 Å². The maximum absolute atomic E-state index is 3.88. The molecule has 0 heterocycles. The summed E-state index contributed by atoms with van der Waals surface area (Å²) in [7, 11) is 0. The van der Waals surface area contributed by atoms with E-state index in [1.807, 2.05) is 0 Å². The van der Waals surface area contributed by atoms with Crippen molar-refractivity contribution in [3.05, 3.63) is 0 Å². The Bertz CT molecular complexity index is 178. The highest BCUT2D eigenvalue weighted by Crippen LogP contribution is 2.23. The van der Waals surface area contributed by atoms with Gasteiger partial charge in [-0.1, -0.05) is 65.7 Å². The largest absolute Gasteiger partial charge is 0.309 e. The number of hydrogen-bond acceptors (Lipinski definition) is 1. The normalized spacial score (nSPS) is 16.5. The molecule has 0 aromatic carbocycles. The highest BCUT2D eigenvalue weighted by Gasteiger charge is 2.24. The molecule has 0 saturated heterocycles. The van der Waals surface area contributed by atoms with E-state index in [9.17, 15) is 0 Å². The summed E-state index contributed by atoms with van der Waals surface area (Å²) in [6.07, 6.45) is 13.5. The van der Waals surface area contributed by atoms with E-state index in [1.54, 1.807) is 0 Å². The second-order valence-electron chi connectivity index (χ2n) is 6.28. The molecule has 18 heavy (non-hydrogen) atoms. The summed E-state index contributed by atoms with van der Waals surface area (Å²) >= 11 is 0. The third kappa shape index (κ3) is 8.97. The first-order valence-electron chi connectivity index (χ1n) is 8.35. The molecule has 0 aliphatic heterocycles. The van der Waals surface area contributed by atoms with Gasteiger partial charge in [-0.15, -0.1) is 0 Å². The zero-order valence-electron chi connectivity index (χ0n) is 13.6. The first-order valence-corrected chi connectivity index (χ1v) is 8.35. The Labute approximate surface area is 116 Å². The van der Waals surface area contributed by atoms with Crippen LogP contribution < -0.4 is 5.32 Å². The minimum Gasteiger partial charge on any atom is -0.309 e. The third-order valence-electron chi connectivity index (χ3n) is 4.12. The van der Waals surface area contributed by atoms with E-state index in [0.29, 0.717) is 11.6 Å². The fraction of sp³-hybridized carbons (Fsp3) is 1.00. The number of unbranched alkanes of at least 4 members (excludes halogenated alkanes) is 5. The van der Waals surface area contributed by atoms with Crippen molar-refractivity contribution in [3.63, 3.8) is 0 Å². The average Bonchev–Trinajstić information content (AvgIpc) is 2.35. The second-order valence-corrected chi connectivity index (χ2v) is 6.28. The van der Waals surface area contributed by atoms with Gasteiger partial charge in [0.05, 0.1) is 0 Å². The minimum atomic E-state index is 0.373. The predicted octanol–water partition coefficient (Wildman–Crippen LogP) is 5.68. The van der Waals surface area contributed by atoms with E-state index < -0.39 is 0 Å². The van der Waals surface area contributed by atoms with Crippen LogP contribution in [0.15, 0.2) is 0 Å². The molecular weight excluding hydrogens is 218 g/mol. The minimum absolute atomic E-state index is 0.373. The van der Waals surface area contributed by atoms with Crippen LogP contribution in [0.2, 0.25) is 0 Å². The molecule has 0 spiro atoms. The van der Waals surface area contributed by atoms with Gasteiger partial charge in [0.2, 0.25) is 0 Å². The first kappa shape index (κ1) is 18.0. The van der Waals surface area contributed by atoms with Crippen molar-refractivity contribution in [1.82, 2.24) is 5.32 Å². The molecule has 2 atom stereocenters. The molecular formula is C17H37N. The van der Waals surface area contributed by atoms with Gasteiger partial charge in [-0.25, -0.2) is 0 Å². The molecule has 0 aliphatic carbocycles. The van der Waals surface area contributed by atoms with Gasteiger partial charge >= 0.3 is 0 Å². The van der Waals surface area contributed by atoms with Crippen LogP contribution in [0.25, 0.3) is 0 Å². The van der Waals surface area contributed by atoms with Gasteiger partial charge in [-0.3, -0.25) is 0 Å². The fourth-order valence-electron chi connectivity index (χ4n) is 2.67. The lowest BCUT2D eigenvalue weighted by molar-refractivity contribution is 0.259. The van der Waals surface area contributed by atoms with Crippen LogP contribution in [0.3, 0.4) is 0 Å². The summed E-state index contributed by atoms with van der Waals surface area (Å²) in [5.74, 6) is 0. The molecule has 1 heteroatoms. The lowest BCUT2D eigenvalue weighted by atomic mass is 9.87. The van der Waals surface area contributed by atoms with Crippen LogP contribution in [0.5, 0.6) is 0 Å². The van der Waals surface area contributed by atoms with E-state index in [4.69, 9.17) is 0 Å². The van der Waals surface area contributed by atoms with Crippen LogP contribution in [0.1, 0.15) is 98.8 Å². The van der Waals surface area contributed by atoms with Gasteiger partial charge < -0.3 is 5.32 Å². The van der Waals surface area contributed by atoms with Crippen molar-refractivity contribution < 1.29 is 0 Å². The molecule has 0 aliphatic rings. The van der Waals surface area contributed by atoms with E-state index in [1.165, 1.54) is 64.2 Å². The third-order valence-corrected chi connectivity index (χ3v) is 4.12. The van der Waals surface area contributed by atoms with Gasteiger partial charge in [-0.2, -0.15) is 0 Å². The smallest absolute Gasteiger partial charge is 0.0155 e. The van der Waals surface area contributed by atoms with E-state index >= 15 is 0 Å². The number of hydrogen-bond donors (Lipinski definition) is 1. The van der Waals surface area contributed by atoms with Crippen LogP contribution in [-0.4, -0.2) is 11.6 Å². The monoisotopic (exact) mass is 255 g/mol. The average molecular weight is 255 g/mol. The van der Waals surface area contributed by atoms with E-state index in [-0.39, 0.29) is 0 Å². The zero-order chi connectivity index (χ0) is 13.9. The van der Waals surface area contributed by atoms with Crippen LogP contribution in [0, 0.1) is 0 Å². The van der Waals surface area contributed by atoms with Crippen LogP contribution in [0.4, 0.5) is 0 Å². The van der Waals surface area contributed by atoms with Gasteiger partial charge in [0.15, 0.2) is 0 Å². The summed E-state index contributed by atoms with van der Waals surface area (Å²) in [5, 5.41) is 3.88. The summed E-state index contributed by atoms with van der Waals surface area (Å²) in [5.41, 5.74) is 0.373. The zero-order valence-corrected chi connectivity index (χ0v) is 13.6. The van der Waals surface area contributed by atoms with Crippen molar-refractivity contribution in [3.8, 4) is 0 Å². The lowest BCUT2D eigenvalue weighted by Crippen LogP contribution is -2.47. The highest BCUT2D eigenvalue weighted by atomic mass is 15.0. The quantitative estimate of drug-likeness (QED) is 0.442. The Morgan fingerprint density at radius 2 is 1.33 bits per heavy atom. The Hall–Kier alpha value is -0.0400. The summed E-state index contributed by atoms with van der Waals surface area (Å²) in [6.45, 7) is 11.6. The maximum atomic E-state index is 3.88. The molecule has 0 rings (SSSR count). The maximum Gasteiger partial charge on any atom is 0.0155 e. The van der Waals surface area contributed by atoms with E-state index in [2.05, 4.69) is 39.9 Å².